The van der Waals surface area contributed by atoms with Crippen LogP contribution in [0.1, 0.15) is 29.9 Å². The van der Waals surface area contributed by atoms with Crippen LogP contribution in [0.5, 0.6) is 0 Å². The molecule has 0 unspecified atom stereocenters. The monoisotopic (exact) mass is 194 g/mol. The first-order valence-electron chi connectivity index (χ1n) is 5.30. The average molecular weight is 194 g/mol. The van der Waals surface area contributed by atoms with Gasteiger partial charge in [-0.2, -0.15) is 0 Å². The number of hydrogen-bond acceptors (Lipinski definition) is 3. The van der Waals surface area contributed by atoms with Crippen LogP contribution >= 0.6 is 0 Å². The molecule has 3 nitrogen and oxygen atoms in total. The molecule has 1 aliphatic heterocycles. The third-order valence-corrected chi connectivity index (χ3v) is 2.87. The Morgan fingerprint density at radius 3 is 2.71 bits per heavy atom. The Bertz CT molecular complexity index is 300. The van der Waals surface area contributed by atoms with Crippen molar-refractivity contribution in [2.24, 2.45) is 5.73 Å². The predicted octanol–water partition coefficient (Wildman–Crippen LogP) is 1.64. The number of aryl methyl sites for hydroxylation is 1. The molecule has 1 saturated heterocycles. The van der Waals surface area contributed by atoms with Crippen LogP contribution in [-0.2, 0) is 13.1 Å². The summed E-state index contributed by atoms with van der Waals surface area (Å²) in [5.74, 6) is 1.93. The maximum absolute atomic E-state index is 5.53. The third kappa shape index (κ3) is 1.99. The predicted molar refractivity (Wildman–Crippen MR) is 55.8 cm³/mol. The SMILES string of the molecule is Cc1oc(CN)cc1CN1CCCC1. The van der Waals surface area contributed by atoms with E-state index in [1.807, 2.05) is 6.92 Å². The number of likely N-dealkylation sites (tertiary alicyclic amines) is 1. The van der Waals surface area contributed by atoms with E-state index in [2.05, 4.69) is 11.0 Å². The summed E-state index contributed by atoms with van der Waals surface area (Å²) in [5.41, 5.74) is 6.83. The second-order valence-electron chi connectivity index (χ2n) is 3.98. The van der Waals surface area contributed by atoms with E-state index < -0.39 is 0 Å². The van der Waals surface area contributed by atoms with E-state index in [-0.39, 0.29) is 0 Å². The highest BCUT2D eigenvalue weighted by Gasteiger charge is 2.14. The fourth-order valence-electron chi connectivity index (χ4n) is 2.03. The molecule has 0 amide bonds. The number of nitrogens with two attached hydrogens (primary N) is 1. The minimum atomic E-state index is 0.501. The van der Waals surface area contributed by atoms with Crippen molar-refractivity contribution in [3.05, 3.63) is 23.2 Å². The quantitative estimate of drug-likeness (QED) is 0.795. The Balaban J connectivity index is 2.03. The molecule has 1 aromatic rings. The van der Waals surface area contributed by atoms with Gasteiger partial charge >= 0.3 is 0 Å². The largest absolute Gasteiger partial charge is 0.465 e. The lowest BCUT2D eigenvalue weighted by Gasteiger charge is -2.13. The summed E-state index contributed by atoms with van der Waals surface area (Å²) in [6.07, 6.45) is 2.67. The van der Waals surface area contributed by atoms with Gasteiger partial charge in [-0.3, -0.25) is 4.90 Å². The Hall–Kier alpha value is -0.800. The molecule has 0 saturated carbocycles. The first kappa shape index (κ1) is 9.74. The molecule has 0 atom stereocenters. The van der Waals surface area contributed by atoms with Crippen LogP contribution in [0.4, 0.5) is 0 Å². The normalized spacial score (nSPS) is 17.9. The zero-order valence-corrected chi connectivity index (χ0v) is 8.75. The number of rotatable bonds is 3. The minimum Gasteiger partial charge on any atom is -0.465 e. The maximum Gasteiger partial charge on any atom is 0.118 e. The fourth-order valence-corrected chi connectivity index (χ4v) is 2.03. The summed E-state index contributed by atoms with van der Waals surface area (Å²) >= 11 is 0. The van der Waals surface area contributed by atoms with Crippen LogP contribution in [0, 0.1) is 6.92 Å². The van der Waals surface area contributed by atoms with E-state index >= 15 is 0 Å². The van der Waals surface area contributed by atoms with Crippen LogP contribution in [0.3, 0.4) is 0 Å². The molecule has 3 heteroatoms. The van der Waals surface area contributed by atoms with Crippen molar-refractivity contribution in [1.82, 2.24) is 4.90 Å². The average Bonchev–Trinajstić information content (AvgIpc) is 2.78. The molecule has 0 bridgehead atoms. The van der Waals surface area contributed by atoms with E-state index in [0.717, 1.165) is 18.1 Å². The van der Waals surface area contributed by atoms with Crippen molar-refractivity contribution < 1.29 is 4.42 Å². The van der Waals surface area contributed by atoms with Crippen LogP contribution < -0.4 is 5.73 Å². The molecule has 1 aromatic heterocycles. The molecule has 1 aliphatic rings. The van der Waals surface area contributed by atoms with Gasteiger partial charge in [-0.15, -0.1) is 0 Å². The first-order valence-corrected chi connectivity index (χ1v) is 5.30. The zero-order valence-electron chi connectivity index (χ0n) is 8.75. The van der Waals surface area contributed by atoms with E-state index in [1.54, 1.807) is 0 Å². The molecule has 0 spiro atoms. The standard InChI is InChI=1S/C11H18N2O/c1-9-10(6-11(7-12)14-9)8-13-4-2-3-5-13/h6H,2-5,7-8,12H2,1H3. The second kappa shape index (κ2) is 4.15. The summed E-state index contributed by atoms with van der Waals surface area (Å²) in [5, 5.41) is 0. The Kier molecular flexibility index (Phi) is 2.89. The topological polar surface area (TPSA) is 42.4 Å². The lowest BCUT2D eigenvalue weighted by Crippen LogP contribution is -2.18. The fraction of sp³-hybridized carbons (Fsp3) is 0.636. The molecule has 78 valence electrons. The van der Waals surface area contributed by atoms with Crippen molar-refractivity contribution in [2.75, 3.05) is 13.1 Å². The smallest absolute Gasteiger partial charge is 0.118 e. The van der Waals surface area contributed by atoms with Gasteiger partial charge in [0.05, 0.1) is 6.54 Å². The summed E-state index contributed by atoms with van der Waals surface area (Å²) in [6, 6.07) is 2.09. The van der Waals surface area contributed by atoms with Crippen LogP contribution in [0.25, 0.3) is 0 Å². The molecule has 2 N–H and O–H groups in total. The van der Waals surface area contributed by atoms with Crippen LogP contribution in [-0.4, -0.2) is 18.0 Å². The van der Waals surface area contributed by atoms with Crippen molar-refractivity contribution in [1.29, 1.82) is 0 Å². The van der Waals surface area contributed by atoms with Crippen LogP contribution in [0.15, 0.2) is 10.5 Å². The lowest BCUT2D eigenvalue weighted by molar-refractivity contribution is 0.328. The molecule has 0 aliphatic carbocycles. The van der Waals surface area contributed by atoms with Gasteiger partial charge in [-0.25, -0.2) is 0 Å². The van der Waals surface area contributed by atoms with E-state index in [1.165, 1.54) is 31.5 Å². The number of hydrogen-bond donors (Lipinski definition) is 1. The second-order valence-corrected chi connectivity index (χ2v) is 3.98. The molecule has 14 heavy (non-hydrogen) atoms. The van der Waals surface area contributed by atoms with Crippen molar-refractivity contribution in [3.8, 4) is 0 Å². The zero-order chi connectivity index (χ0) is 9.97. The maximum atomic E-state index is 5.53. The van der Waals surface area contributed by atoms with Crippen molar-refractivity contribution in [3.63, 3.8) is 0 Å². The third-order valence-electron chi connectivity index (χ3n) is 2.87. The number of nitrogens with zero attached hydrogens (tertiary/aromatic N) is 1. The molecule has 2 heterocycles. The minimum absolute atomic E-state index is 0.501. The van der Waals surface area contributed by atoms with Crippen molar-refractivity contribution in [2.45, 2.75) is 32.9 Å². The van der Waals surface area contributed by atoms with E-state index in [4.69, 9.17) is 10.2 Å². The molecular formula is C11H18N2O. The summed E-state index contributed by atoms with van der Waals surface area (Å²) < 4.78 is 5.52. The highest BCUT2D eigenvalue weighted by atomic mass is 16.3. The van der Waals surface area contributed by atoms with Gasteiger partial charge in [-0.05, 0) is 38.9 Å². The van der Waals surface area contributed by atoms with Gasteiger partial charge < -0.3 is 10.2 Å². The van der Waals surface area contributed by atoms with Gasteiger partial charge in [0.1, 0.15) is 11.5 Å². The van der Waals surface area contributed by atoms with Gasteiger partial charge in [-0.1, -0.05) is 0 Å². The Labute approximate surface area is 84.9 Å². The first-order chi connectivity index (χ1) is 6.79. The van der Waals surface area contributed by atoms with Crippen LogP contribution in [0.2, 0.25) is 0 Å². The molecule has 0 radical (unpaired) electrons. The summed E-state index contributed by atoms with van der Waals surface area (Å²) in [6.45, 7) is 5.99. The van der Waals surface area contributed by atoms with Gasteiger partial charge in [0.15, 0.2) is 0 Å². The highest BCUT2D eigenvalue weighted by Crippen LogP contribution is 2.18. The number of furan rings is 1. The van der Waals surface area contributed by atoms with Gasteiger partial charge in [0.25, 0.3) is 0 Å². The Morgan fingerprint density at radius 2 is 2.14 bits per heavy atom. The molecular weight excluding hydrogens is 176 g/mol. The van der Waals surface area contributed by atoms with Crippen molar-refractivity contribution >= 4 is 0 Å². The van der Waals surface area contributed by atoms with Gasteiger partial charge in [0.2, 0.25) is 0 Å². The summed E-state index contributed by atoms with van der Waals surface area (Å²) in [7, 11) is 0. The molecule has 0 aromatic carbocycles. The van der Waals surface area contributed by atoms with E-state index in [0.29, 0.717) is 6.54 Å². The van der Waals surface area contributed by atoms with E-state index in [9.17, 15) is 0 Å². The Morgan fingerprint density at radius 1 is 1.43 bits per heavy atom. The molecule has 1 fully saturated rings. The lowest BCUT2D eigenvalue weighted by atomic mass is 10.2. The highest BCUT2D eigenvalue weighted by molar-refractivity contribution is 5.20. The van der Waals surface area contributed by atoms with Gasteiger partial charge in [0, 0.05) is 12.1 Å². The molecule has 2 rings (SSSR count). The summed E-state index contributed by atoms with van der Waals surface area (Å²) in [4.78, 5) is 2.47.